The van der Waals surface area contributed by atoms with Crippen molar-refractivity contribution in [1.29, 1.82) is 0 Å². The van der Waals surface area contributed by atoms with E-state index in [0.717, 1.165) is 0 Å². The fourth-order valence-corrected chi connectivity index (χ4v) is 3.73. The van der Waals surface area contributed by atoms with Crippen LogP contribution in [0.2, 0.25) is 5.02 Å². The minimum absolute atomic E-state index is 0.119. The molecule has 1 aliphatic rings. The molecule has 1 N–H and O–H groups in total. The minimum atomic E-state index is -0.551. The van der Waals surface area contributed by atoms with Gasteiger partial charge in [-0.1, -0.05) is 23.7 Å². The predicted molar refractivity (Wildman–Crippen MR) is 111 cm³/mol. The molecule has 30 heavy (non-hydrogen) atoms. The van der Waals surface area contributed by atoms with Crippen molar-refractivity contribution < 1.29 is 19.0 Å². The number of aliphatic hydroxyl groups is 1. The highest BCUT2D eigenvalue weighted by atomic mass is 35.5. The zero-order valence-electron chi connectivity index (χ0n) is 16.2. The van der Waals surface area contributed by atoms with Crippen molar-refractivity contribution in [2.45, 2.75) is 25.5 Å². The molecule has 0 radical (unpaired) electrons. The van der Waals surface area contributed by atoms with Crippen molar-refractivity contribution in [1.82, 2.24) is 9.55 Å². The molecule has 2 heterocycles. The van der Waals surface area contributed by atoms with Gasteiger partial charge in [-0.15, -0.1) is 0 Å². The molecule has 0 unspecified atom stereocenters. The lowest BCUT2D eigenvalue weighted by molar-refractivity contribution is -0.140. The van der Waals surface area contributed by atoms with Crippen molar-refractivity contribution in [3.63, 3.8) is 0 Å². The van der Waals surface area contributed by atoms with Crippen LogP contribution in [0.3, 0.4) is 0 Å². The Bertz CT molecular complexity index is 1140. The molecule has 0 amide bonds. The summed E-state index contributed by atoms with van der Waals surface area (Å²) in [6.07, 6.45) is 2.15. The van der Waals surface area contributed by atoms with Crippen LogP contribution in [0.5, 0.6) is 0 Å². The second-order valence-electron chi connectivity index (χ2n) is 6.87. The number of hydrogen-bond acceptors (Lipinski definition) is 5. The van der Waals surface area contributed by atoms with Crippen molar-refractivity contribution in [2.24, 2.45) is 4.99 Å². The molecule has 1 atom stereocenters. The summed E-state index contributed by atoms with van der Waals surface area (Å²) in [5.74, 6) is -0.231. The van der Waals surface area contributed by atoms with Crippen molar-refractivity contribution >= 4 is 23.3 Å². The molecule has 0 fully saturated rings. The molecular formula is C22H19ClFN3O3. The fraction of sp³-hybridized carbons (Fsp3) is 0.227. The zero-order chi connectivity index (χ0) is 21.3. The van der Waals surface area contributed by atoms with Crippen LogP contribution in [0.25, 0.3) is 5.69 Å². The van der Waals surface area contributed by atoms with Gasteiger partial charge in [-0.2, -0.15) is 0 Å². The predicted octanol–water partition coefficient (Wildman–Crippen LogP) is 4.00. The van der Waals surface area contributed by atoms with E-state index in [1.165, 1.54) is 13.2 Å². The maximum Gasteiger partial charge on any atom is 0.305 e. The lowest BCUT2D eigenvalue weighted by Gasteiger charge is -2.12. The average Bonchev–Trinajstić information content (AvgIpc) is 3.14. The summed E-state index contributed by atoms with van der Waals surface area (Å²) < 4.78 is 21.3. The first-order chi connectivity index (χ1) is 14.5. The average molecular weight is 428 g/mol. The number of nitrogens with zero attached hydrogens (tertiary/aromatic N) is 3. The van der Waals surface area contributed by atoms with Gasteiger partial charge in [-0.05, 0) is 36.8 Å². The van der Waals surface area contributed by atoms with E-state index in [2.05, 4.69) is 4.98 Å². The Morgan fingerprint density at radius 3 is 2.80 bits per heavy atom. The number of halogens is 2. The smallest absolute Gasteiger partial charge is 0.305 e. The highest BCUT2D eigenvalue weighted by Gasteiger charge is 2.28. The molecule has 4 rings (SSSR count). The summed E-state index contributed by atoms with van der Waals surface area (Å²) in [7, 11) is 1.33. The molecule has 2 aromatic carbocycles. The fourth-order valence-electron chi connectivity index (χ4n) is 3.56. The molecule has 8 heteroatoms. The van der Waals surface area contributed by atoms with Gasteiger partial charge >= 0.3 is 5.97 Å². The molecule has 1 aromatic heterocycles. The number of benzene rings is 2. The number of aromatic nitrogens is 2. The van der Waals surface area contributed by atoms with E-state index >= 15 is 0 Å². The van der Waals surface area contributed by atoms with E-state index in [1.807, 2.05) is 10.6 Å². The van der Waals surface area contributed by atoms with Crippen LogP contribution in [-0.4, -0.2) is 33.4 Å². The van der Waals surface area contributed by atoms with Crippen molar-refractivity contribution in [3.8, 4) is 5.69 Å². The number of rotatable bonds is 5. The molecule has 1 aliphatic heterocycles. The van der Waals surface area contributed by atoms with E-state index in [9.17, 15) is 14.3 Å². The Labute approximate surface area is 177 Å². The number of aliphatic hydroxyl groups excluding tert-OH is 1. The van der Waals surface area contributed by atoms with E-state index in [1.54, 1.807) is 36.5 Å². The van der Waals surface area contributed by atoms with Gasteiger partial charge in [-0.25, -0.2) is 9.37 Å². The van der Waals surface area contributed by atoms with E-state index in [0.29, 0.717) is 45.5 Å². The Balaban J connectivity index is 1.95. The first-order valence-corrected chi connectivity index (χ1v) is 9.78. The lowest BCUT2D eigenvalue weighted by Crippen LogP contribution is -2.10. The standard InChI is InChI=1S/C22H19ClFN3O3/c1-30-20(29)9-7-18-22-25-14(12-28)11-27(22)19-8-6-13(23)10-16(19)21(26-18)15-4-2-3-5-17(15)24/h2-6,8,10-11,18,28H,7,9,12H2,1H3/t18-/m0/s1. The highest BCUT2D eigenvalue weighted by molar-refractivity contribution is 6.31. The zero-order valence-corrected chi connectivity index (χ0v) is 16.9. The lowest BCUT2D eigenvalue weighted by atomic mass is 9.99. The molecule has 6 nitrogen and oxygen atoms in total. The second kappa shape index (κ2) is 8.38. The Morgan fingerprint density at radius 1 is 1.27 bits per heavy atom. The molecule has 0 aliphatic carbocycles. The monoisotopic (exact) mass is 427 g/mol. The number of carbonyl (C=O) groups excluding carboxylic acids is 1. The number of hydrogen-bond donors (Lipinski definition) is 1. The number of methoxy groups -OCH3 is 1. The van der Waals surface area contributed by atoms with Gasteiger partial charge in [0.1, 0.15) is 17.7 Å². The Kier molecular flexibility index (Phi) is 5.65. The molecule has 0 spiro atoms. The van der Waals surface area contributed by atoms with Crippen LogP contribution in [0, 0.1) is 5.82 Å². The third kappa shape index (κ3) is 3.74. The van der Waals surface area contributed by atoms with Gasteiger partial charge in [0, 0.05) is 28.8 Å². The highest BCUT2D eigenvalue weighted by Crippen LogP contribution is 2.34. The maximum absolute atomic E-state index is 14.7. The third-order valence-corrected chi connectivity index (χ3v) is 5.21. The summed E-state index contributed by atoms with van der Waals surface area (Å²) in [4.78, 5) is 21.1. The topological polar surface area (TPSA) is 76.7 Å². The Hall–Kier alpha value is -3.03. The van der Waals surface area contributed by atoms with Gasteiger partial charge in [0.05, 0.1) is 30.8 Å². The van der Waals surface area contributed by atoms with Crippen LogP contribution in [0.1, 0.15) is 41.5 Å². The van der Waals surface area contributed by atoms with Crippen LogP contribution < -0.4 is 0 Å². The molecule has 154 valence electrons. The quantitative estimate of drug-likeness (QED) is 0.624. The van der Waals surface area contributed by atoms with Crippen LogP contribution in [0.15, 0.2) is 53.7 Å². The number of ether oxygens (including phenoxy) is 1. The van der Waals surface area contributed by atoms with Crippen molar-refractivity contribution in [2.75, 3.05) is 7.11 Å². The third-order valence-electron chi connectivity index (χ3n) is 4.98. The summed E-state index contributed by atoms with van der Waals surface area (Å²) in [5, 5.41) is 10.1. The molecule has 0 saturated carbocycles. The van der Waals surface area contributed by atoms with Crippen LogP contribution in [0.4, 0.5) is 4.39 Å². The SMILES string of the molecule is COC(=O)CC[C@@H]1N=C(c2ccccc2F)c2cc(Cl)ccc2-n2cc(CO)nc21. The summed E-state index contributed by atoms with van der Waals surface area (Å²) in [5.41, 5.74) is 2.58. The Morgan fingerprint density at radius 2 is 2.07 bits per heavy atom. The van der Waals surface area contributed by atoms with Gasteiger partial charge < -0.3 is 14.4 Å². The first-order valence-electron chi connectivity index (χ1n) is 9.40. The summed E-state index contributed by atoms with van der Waals surface area (Å²) >= 11 is 6.27. The molecule has 0 saturated heterocycles. The second-order valence-corrected chi connectivity index (χ2v) is 7.30. The number of carbonyl (C=O) groups is 1. The molecule has 0 bridgehead atoms. The molecular weight excluding hydrogens is 409 g/mol. The number of aliphatic imine (C=N–C) groups is 1. The van der Waals surface area contributed by atoms with E-state index in [-0.39, 0.29) is 19.0 Å². The normalized spacial score (nSPS) is 15.1. The maximum atomic E-state index is 14.7. The number of fused-ring (bicyclic) bond motifs is 3. The first kappa shape index (κ1) is 20.3. The van der Waals surface area contributed by atoms with Crippen LogP contribution >= 0.6 is 11.6 Å². The largest absolute Gasteiger partial charge is 0.469 e. The number of esters is 1. The summed E-state index contributed by atoms with van der Waals surface area (Å²) in [6, 6.07) is 11.1. The van der Waals surface area contributed by atoms with Crippen molar-refractivity contribution in [3.05, 3.63) is 82.1 Å². The number of imidazole rings is 1. The van der Waals surface area contributed by atoms with E-state index < -0.39 is 11.9 Å². The minimum Gasteiger partial charge on any atom is -0.469 e. The van der Waals surface area contributed by atoms with Gasteiger partial charge in [0.25, 0.3) is 0 Å². The van der Waals surface area contributed by atoms with Crippen LogP contribution in [-0.2, 0) is 16.1 Å². The van der Waals surface area contributed by atoms with Gasteiger partial charge in [-0.3, -0.25) is 9.79 Å². The van der Waals surface area contributed by atoms with E-state index in [4.69, 9.17) is 21.3 Å². The summed E-state index contributed by atoms with van der Waals surface area (Å²) in [6.45, 7) is -0.240. The molecule has 3 aromatic rings. The van der Waals surface area contributed by atoms with Gasteiger partial charge in [0.2, 0.25) is 0 Å². The van der Waals surface area contributed by atoms with Gasteiger partial charge in [0.15, 0.2) is 0 Å².